The van der Waals surface area contributed by atoms with E-state index in [0.29, 0.717) is 5.92 Å². The first-order chi connectivity index (χ1) is 8.40. The average Bonchev–Trinajstić information content (AvgIpc) is 2.27. The Morgan fingerprint density at radius 1 is 0.789 bits per heavy atom. The Labute approximate surface area is 125 Å². The molecule has 108 valence electrons. The van der Waals surface area contributed by atoms with E-state index in [0.717, 1.165) is 0 Å². The molecule has 0 aromatic heterocycles. The van der Waals surface area contributed by atoms with Gasteiger partial charge in [-0.3, -0.25) is 0 Å². The second-order valence-corrected chi connectivity index (χ2v) is 8.76. The van der Waals surface area contributed by atoms with Gasteiger partial charge in [-0.2, -0.15) is 12.6 Å². The number of rotatable bonds is 4. The van der Waals surface area contributed by atoms with E-state index in [9.17, 15) is 0 Å². The van der Waals surface area contributed by atoms with E-state index in [4.69, 9.17) is 12.6 Å². The van der Waals surface area contributed by atoms with Gasteiger partial charge in [0.05, 0.1) is 0 Å². The summed E-state index contributed by atoms with van der Waals surface area (Å²) >= 11 is 4.76. The summed E-state index contributed by atoms with van der Waals surface area (Å²) in [6.45, 7) is 18.1. The molecule has 0 heterocycles. The molecule has 0 N–H and O–H groups in total. The van der Waals surface area contributed by atoms with E-state index in [1.54, 1.807) is 0 Å². The zero-order valence-electron chi connectivity index (χ0n) is 13.8. The molecule has 0 spiro atoms. The number of thiol groups is 1. The maximum atomic E-state index is 4.76. The molecule has 0 fully saturated rings. The lowest BCUT2D eigenvalue weighted by molar-refractivity contribution is 0.371. The highest BCUT2D eigenvalue weighted by molar-refractivity contribution is 7.81. The molecule has 0 aliphatic carbocycles. The Balaban J connectivity index is 3.14. The van der Waals surface area contributed by atoms with Gasteiger partial charge in [0.2, 0.25) is 0 Å². The van der Waals surface area contributed by atoms with Crippen LogP contribution in [0, 0.1) is 5.92 Å². The highest BCUT2D eigenvalue weighted by Gasteiger charge is 2.35. The lowest BCUT2D eigenvalue weighted by Gasteiger charge is -2.39. The molecule has 0 radical (unpaired) electrons. The maximum Gasteiger partial charge on any atom is 0.0164 e. The van der Waals surface area contributed by atoms with Gasteiger partial charge in [0.1, 0.15) is 0 Å². The van der Waals surface area contributed by atoms with Crippen molar-refractivity contribution in [1.82, 2.24) is 0 Å². The van der Waals surface area contributed by atoms with E-state index in [-0.39, 0.29) is 15.6 Å². The SMILES string of the molecule is CC(C)C(C)(C)c1ccc(C(C)(C)C(C)(C)S)cc1. The van der Waals surface area contributed by atoms with Crippen molar-refractivity contribution in [2.45, 2.75) is 71.0 Å². The van der Waals surface area contributed by atoms with Crippen LogP contribution in [0.25, 0.3) is 0 Å². The minimum Gasteiger partial charge on any atom is -0.172 e. The third-order valence-electron chi connectivity index (χ3n) is 5.32. The molecule has 1 rings (SSSR count). The van der Waals surface area contributed by atoms with Crippen LogP contribution in [0.15, 0.2) is 24.3 Å². The highest BCUT2D eigenvalue weighted by Crippen LogP contribution is 2.40. The van der Waals surface area contributed by atoms with E-state index < -0.39 is 0 Å². The van der Waals surface area contributed by atoms with E-state index >= 15 is 0 Å². The van der Waals surface area contributed by atoms with Gasteiger partial charge in [-0.05, 0) is 22.5 Å². The lowest BCUT2D eigenvalue weighted by Crippen LogP contribution is -2.38. The van der Waals surface area contributed by atoms with Gasteiger partial charge in [0, 0.05) is 10.2 Å². The molecule has 0 saturated heterocycles. The topological polar surface area (TPSA) is 0 Å². The molecule has 0 nitrogen and oxygen atoms in total. The van der Waals surface area contributed by atoms with Crippen molar-refractivity contribution in [3.63, 3.8) is 0 Å². The Bertz CT molecular complexity index is 416. The number of hydrogen-bond acceptors (Lipinski definition) is 1. The fourth-order valence-electron chi connectivity index (χ4n) is 2.00. The van der Waals surface area contributed by atoms with Crippen molar-refractivity contribution >= 4 is 12.6 Å². The largest absolute Gasteiger partial charge is 0.172 e. The molecule has 0 aliphatic rings. The van der Waals surface area contributed by atoms with E-state index in [2.05, 4.69) is 79.7 Å². The summed E-state index contributed by atoms with van der Waals surface area (Å²) in [7, 11) is 0. The first kappa shape index (κ1) is 16.6. The number of hydrogen-bond donors (Lipinski definition) is 1. The Morgan fingerprint density at radius 2 is 1.16 bits per heavy atom. The van der Waals surface area contributed by atoms with Crippen LogP contribution in [-0.2, 0) is 10.8 Å². The molecule has 19 heavy (non-hydrogen) atoms. The predicted molar refractivity (Wildman–Crippen MR) is 90.4 cm³/mol. The van der Waals surface area contributed by atoms with Gasteiger partial charge in [-0.1, -0.05) is 79.7 Å². The third-order valence-corrected chi connectivity index (χ3v) is 5.88. The first-order valence-electron chi connectivity index (χ1n) is 7.24. The Morgan fingerprint density at radius 3 is 1.47 bits per heavy atom. The molecule has 0 amide bonds. The Hall–Kier alpha value is -0.430. The van der Waals surface area contributed by atoms with Crippen LogP contribution in [0.1, 0.15) is 66.5 Å². The van der Waals surface area contributed by atoms with Gasteiger partial charge >= 0.3 is 0 Å². The van der Waals surface area contributed by atoms with Crippen LogP contribution < -0.4 is 0 Å². The molecule has 1 aromatic rings. The van der Waals surface area contributed by atoms with Gasteiger partial charge in [-0.15, -0.1) is 0 Å². The molecule has 0 bridgehead atoms. The fourth-order valence-corrected chi connectivity index (χ4v) is 2.13. The summed E-state index contributed by atoms with van der Waals surface area (Å²) in [6, 6.07) is 9.13. The van der Waals surface area contributed by atoms with Crippen LogP contribution in [0.3, 0.4) is 0 Å². The van der Waals surface area contributed by atoms with Crippen molar-refractivity contribution in [2.24, 2.45) is 5.92 Å². The standard InChI is InChI=1S/C18H30S/c1-13(2)16(3,4)14-9-11-15(12-10-14)17(5,6)18(7,8)19/h9-13,19H,1-8H3. The van der Waals surface area contributed by atoms with E-state index in [1.807, 2.05) is 0 Å². The van der Waals surface area contributed by atoms with Crippen LogP contribution in [0.4, 0.5) is 0 Å². The average molecular weight is 279 g/mol. The van der Waals surface area contributed by atoms with Crippen molar-refractivity contribution in [1.29, 1.82) is 0 Å². The van der Waals surface area contributed by atoms with Crippen LogP contribution in [0.5, 0.6) is 0 Å². The summed E-state index contributed by atoms with van der Waals surface area (Å²) < 4.78 is -0.0396. The summed E-state index contributed by atoms with van der Waals surface area (Å²) in [5.74, 6) is 0.632. The smallest absolute Gasteiger partial charge is 0.0164 e. The van der Waals surface area contributed by atoms with Crippen LogP contribution >= 0.6 is 12.6 Å². The van der Waals surface area contributed by atoms with Crippen molar-refractivity contribution < 1.29 is 0 Å². The minimum atomic E-state index is -0.0396. The molecule has 1 aromatic carbocycles. The molecule has 1 heteroatoms. The van der Waals surface area contributed by atoms with Crippen molar-refractivity contribution in [3.05, 3.63) is 35.4 Å². The first-order valence-corrected chi connectivity index (χ1v) is 7.69. The van der Waals surface area contributed by atoms with Gasteiger partial charge < -0.3 is 0 Å². The normalized spacial score (nSPS) is 14.0. The summed E-state index contributed by atoms with van der Waals surface area (Å²) in [5.41, 5.74) is 3.05. The molecule has 0 saturated carbocycles. The summed E-state index contributed by atoms with van der Waals surface area (Å²) in [5, 5.41) is 0. The zero-order valence-corrected chi connectivity index (χ0v) is 14.7. The minimum absolute atomic E-state index is 0.0396. The quantitative estimate of drug-likeness (QED) is 0.680. The lowest BCUT2D eigenvalue weighted by atomic mass is 9.71. The highest BCUT2D eigenvalue weighted by atomic mass is 32.1. The molecule has 0 aliphatic heterocycles. The van der Waals surface area contributed by atoms with Crippen LogP contribution in [-0.4, -0.2) is 4.75 Å². The third kappa shape index (κ3) is 3.18. The summed E-state index contributed by atoms with van der Waals surface area (Å²) in [4.78, 5) is 0. The number of benzene rings is 1. The molecule has 0 atom stereocenters. The van der Waals surface area contributed by atoms with Crippen molar-refractivity contribution in [3.8, 4) is 0 Å². The molecule has 0 unspecified atom stereocenters. The predicted octanol–water partition coefficient (Wildman–Crippen LogP) is 5.61. The van der Waals surface area contributed by atoms with Crippen LogP contribution in [0.2, 0.25) is 0 Å². The Kier molecular flexibility index (Phi) is 4.52. The summed E-state index contributed by atoms with van der Waals surface area (Å²) in [6.07, 6.45) is 0. The fraction of sp³-hybridized carbons (Fsp3) is 0.667. The second-order valence-electron chi connectivity index (χ2n) is 7.64. The van der Waals surface area contributed by atoms with Crippen molar-refractivity contribution in [2.75, 3.05) is 0 Å². The maximum absolute atomic E-state index is 4.76. The zero-order chi connectivity index (χ0) is 15.1. The van der Waals surface area contributed by atoms with E-state index in [1.165, 1.54) is 11.1 Å². The monoisotopic (exact) mass is 278 g/mol. The van der Waals surface area contributed by atoms with Gasteiger partial charge in [0.25, 0.3) is 0 Å². The molecular formula is C18H30S. The van der Waals surface area contributed by atoms with Gasteiger partial charge in [-0.25, -0.2) is 0 Å². The second kappa shape index (κ2) is 5.16. The van der Waals surface area contributed by atoms with Gasteiger partial charge in [0.15, 0.2) is 0 Å². The molecular weight excluding hydrogens is 248 g/mol.